The van der Waals surface area contributed by atoms with Gasteiger partial charge in [0.05, 0.1) is 12.1 Å². The van der Waals surface area contributed by atoms with Gasteiger partial charge in [0.2, 0.25) is 5.91 Å². The highest BCUT2D eigenvalue weighted by Gasteiger charge is 2.49. The first kappa shape index (κ1) is 14.2. The molecule has 0 aromatic carbocycles. The molecule has 2 aliphatic rings. The Kier molecular flexibility index (Phi) is 4.56. The molecule has 18 heavy (non-hydrogen) atoms. The average molecular weight is 272 g/mol. The molecule has 1 heterocycles. The van der Waals surface area contributed by atoms with Gasteiger partial charge in [0.25, 0.3) is 0 Å². The Morgan fingerprint density at radius 3 is 2.89 bits per heavy atom. The van der Waals surface area contributed by atoms with Crippen LogP contribution in [-0.2, 0) is 9.53 Å². The number of ether oxygens (including phenoxy) is 1. The van der Waals surface area contributed by atoms with E-state index in [9.17, 15) is 4.79 Å². The van der Waals surface area contributed by atoms with Crippen molar-refractivity contribution in [1.29, 1.82) is 0 Å². The van der Waals surface area contributed by atoms with Crippen LogP contribution in [-0.4, -0.2) is 48.8 Å². The van der Waals surface area contributed by atoms with E-state index in [1.165, 1.54) is 0 Å². The lowest BCUT2D eigenvalue weighted by molar-refractivity contribution is -0.137. The van der Waals surface area contributed by atoms with Gasteiger partial charge in [0.15, 0.2) is 0 Å². The number of nitrogens with one attached hydrogen (secondary N) is 2. The molecular formula is C13H24N2O2S. The Hall–Kier alpha value is -0.260. The summed E-state index contributed by atoms with van der Waals surface area (Å²) in [7, 11) is 0. The van der Waals surface area contributed by atoms with Crippen LogP contribution in [0.1, 0.15) is 27.2 Å². The predicted octanol–water partition coefficient (Wildman–Crippen LogP) is 1.01. The summed E-state index contributed by atoms with van der Waals surface area (Å²) in [6.07, 6.45) is 1.22. The second kappa shape index (κ2) is 5.80. The molecule has 104 valence electrons. The van der Waals surface area contributed by atoms with Gasteiger partial charge >= 0.3 is 0 Å². The molecule has 2 N–H and O–H groups in total. The molecular weight excluding hydrogens is 248 g/mol. The average Bonchev–Trinajstić information content (AvgIpc) is 2.38. The number of thioether (sulfide) groups is 1. The summed E-state index contributed by atoms with van der Waals surface area (Å²) in [5, 5.41) is 6.44. The van der Waals surface area contributed by atoms with Gasteiger partial charge in [-0.3, -0.25) is 4.79 Å². The molecule has 2 rings (SSSR count). The molecule has 0 radical (unpaired) electrons. The summed E-state index contributed by atoms with van der Waals surface area (Å²) in [5.74, 6) is 2.13. The van der Waals surface area contributed by atoms with Crippen LogP contribution in [0, 0.1) is 5.41 Å². The van der Waals surface area contributed by atoms with Crippen LogP contribution < -0.4 is 10.6 Å². The third kappa shape index (κ3) is 2.83. The van der Waals surface area contributed by atoms with Gasteiger partial charge in [-0.05, 0) is 13.3 Å². The molecule has 1 saturated heterocycles. The van der Waals surface area contributed by atoms with Gasteiger partial charge in [-0.15, -0.1) is 0 Å². The highest BCUT2D eigenvalue weighted by atomic mass is 32.2. The molecule has 1 aliphatic heterocycles. The molecule has 1 aliphatic carbocycles. The van der Waals surface area contributed by atoms with Crippen LogP contribution in [0.3, 0.4) is 0 Å². The molecule has 3 unspecified atom stereocenters. The van der Waals surface area contributed by atoms with Crippen molar-refractivity contribution < 1.29 is 9.53 Å². The second-order valence-electron chi connectivity index (χ2n) is 5.64. The lowest BCUT2D eigenvalue weighted by Crippen LogP contribution is -2.64. The first-order chi connectivity index (χ1) is 8.55. The van der Waals surface area contributed by atoms with Gasteiger partial charge in [-0.1, -0.05) is 13.8 Å². The zero-order valence-corrected chi connectivity index (χ0v) is 12.3. The lowest BCUT2D eigenvalue weighted by atomic mass is 9.64. The monoisotopic (exact) mass is 272 g/mol. The first-order valence-corrected chi connectivity index (χ1v) is 7.94. The Morgan fingerprint density at radius 2 is 2.33 bits per heavy atom. The Bertz CT molecular complexity index is 303. The fraction of sp³-hybridized carbons (Fsp3) is 0.923. The molecule has 0 bridgehead atoms. The van der Waals surface area contributed by atoms with Crippen molar-refractivity contribution in [3.63, 3.8) is 0 Å². The maximum absolute atomic E-state index is 12.1. The van der Waals surface area contributed by atoms with Gasteiger partial charge in [0, 0.05) is 36.1 Å². The van der Waals surface area contributed by atoms with Gasteiger partial charge < -0.3 is 15.4 Å². The van der Waals surface area contributed by atoms with Crippen molar-refractivity contribution in [1.82, 2.24) is 10.6 Å². The summed E-state index contributed by atoms with van der Waals surface area (Å²) in [4.78, 5) is 12.1. The van der Waals surface area contributed by atoms with E-state index >= 15 is 0 Å². The van der Waals surface area contributed by atoms with Crippen molar-refractivity contribution >= 4 is 17.7 Å². The van der Waals surface area contributed by atoms with E-state index in [0.717, 1.165) is 31.1 Å². The maximum Gasteiger partial charge on any atom is 0.238 e. The number of carbonyl (C=O) groups is 1. The predicted molar refractivity (Wildman–Crippen MR) is 74.9 cm³/mol. The minimum Gasteiger partial charge on any atom is -0.378 e. The van der Waals surface area contributed by atoms with E-state index in [1.807, 2.05) is 18.7 Å². The van der Waals surface area contributed by atoms with E-state index in [2.05, 4.69) is 24.5 Å². The van der Waals surface area contributed by atoms with Crippen molar-refractivity contribution in [2.24, 2.45) is 5.41 Å². The summed E-state index contributed by atoms with van der Waals surface area (Å²) in [6.45, 7) is 8.04. The van der Waals surface area contributed by atoms with E-state index in [-0.39, 0.29) is 29.5 Å². The van der Waals surface area contributed by atoms with Crippen molar-refractivity contribution in [2.75, 3.05) is 24.7 Å². The molecule has 0 aromatic rings. The Labute approximate surface area is 114 Å². The standard InChI is InChI=1S/C13H24N2O2S/c1-4-17-11-7-10(13(11,2)3)15-12(16)9-8-18-6-5-14-9/h9-11,14H,4-8H2,1-3H3,(H,15,16). The van der Waals surface area contributed by atoms with Gasteiger partial charge in [0.1, 0.15) is 0 Å². The van der Waals surface area contributed by atoms with Crippen LogP contribution in [0.5, 0.6) is 0 Å². The molecule has 0 aromatic heterocycles. The largest absolute Gasteiger partial charge is 0.378 e. The fourth-order valence-corrected chi connectivity index (χ4v) is 3.55. The number of rotatable bonds is 4. The quantitative estimate of drug-likeness (QED) is 0.802. The highest BCUT2D eigenvalue weighted by Crippen LogP contribution is 2.42. The number of hydrogen-bond acceptors (Lipinski definition) is 4. The van der Waals surface area contributed by atoms with Crippen LogP contribution >= 0.6 is 11.8 Å². The Balaban J connectivity index is 1.81. The fourth-order valence-electron chi connectivity index (χ4n) is 2.62. The normalized spacial score (nSPS) is 34.7. The van der Waals surface area contributed by atoms with Crippen LogP contribution in [0.15, 0.2) is 0 Å². The smallest absolute Gasteiger partial charge is 0.238 e. The summed E-state index contributed by atoms with van der Waals surface area (Å²) in [6, 6.07) is 0.223. The minimum atomic E-state index is -0.0225. The number of amides is 1. The second-order valence-corrected chi connectivity index (χ2v) is 6.79. The van der Waals surface area contributed by atoms with E-state index < -0.39 is 0 Å². The zero-order valence-electron chi connectivity index (χ0n) is 11.5. The lowest BCUT2D eigenvalue weighted by Gasteiger charge is -2.51. The third-order valence-corrected chi connectivity index (χ3v) is 5.16. The van der Waals surface area contributed by atoms with Crippen molar-refractivity contribution in [3.05, 3.63) is 0 Å². The first-order valence-electron chi connectivity index (χ1n) is 6.78. The molecule has 1 saturated carbocycles. The van der Waals surface area contributed by atoms with Crippen molar-refractivity contribution in [3.8, 4) is 0 Å². The molecule has 2 fully saturated rings. The van der Waals surface area contributed by atoms with Gasteiger partial charge in [-0.25, -0.2) is 0 Å². The molecule has 5 heteroatoms. The summed E-state index contributed by atoms with van der Waals surface area (Å²) >= 11 is 1.84. The SMILES string of the molecule is CCOC1CC(NC(=O)C2CSCCN2)C1(C)C. The zero-order chi connectivity index (χ0) is 13.2. The third-order valence-electron chi connectivity index (χ3n) is 4.10. The van der Waals surface area contributed by atoms with Crippen molar-refractivity contribution in [2.45, 2.75) is 45.4 Å². The van der Waals surface area contributed by atoms with E-state index in [4.69, 9.17) is 4.74 Å². The maximum atomic E-state index is 12.1. The number of hydrogen-bond donors (Lipinski definition) is 2. The summed E-state index contributed by atoms with van der Waals surface area (Å²) in [5.41, 5.74) is 0.0491. The number of carbonyl (C=O) groups excluding carboxylic acids is 1. The van der Waals surface area contributed by atoms with Gasteiger partial charge in [-0.2, -0.15) is 11.8 Å². The molecule has 4 nitrogen and oxygen atoms in total. The molecule has 3 atom stereocenters. The Morgan fingerprint density at radius 1 is 1.56 bits per heavy atom. The van der Waals surface area contributed by atoms with E-state index in [0.29, 0.717) is 0 Å². The molecule has 1 amide bonds. The highest BCUT2D eigenvalue weighted by molar-refractivity contribution is 7.99. The minimum absolute atomic E-state index is 0.0225. The van der Waals surface area contributed by atoms with Crippen LogP contribution in [0.2, 0.25) is 0 Å². The molecule has 0 spiro atoms. The van der Waals surface area contributed by atoms with E-state index in [1.54, 1.807) is 0 Å². The topological polar surface area (TPSA) is 50.4 Å². The summed E-state index contributed by atoms with van der Waals surface area (Å²) < 4.78 is 5.68. The van der Waals surface area contributed by atoms with Crippen LogP contribution in [0.4, 0.5) is 0 Å². The van der Waals surface area contributed by atoms with Crippen LogP contribution in [0.25, 0.3) is 0 Å².